The van der Waals surface area contributed by atoms with E-state index in [-0.39, 0.29) is 12.1 Å². The molecule has 2 fully saturated rings. The highest BCUT2D eigenvalue weighted by atomic mass is 16.5. The molecule has 2 amide bonds. The Morgan fingerprint density at radius 1 is 1.47 bits per heavy atom. The molecular formula is C12H19N5O2. The van der Waals surface area contributed by atoms with Gasteiger partial charge >= 0.3 is 6.03 Å². The number of rotatable bonds is 3. The monoisotopic (exact) mass is 265 g/mol. The quantitative estimate of drug-likeness (QED) is 0.850. The third-order valence-corrected chi connectivity index (χ3v) is 3.73. The Bertz CT molecular complexity index is 457. The van der Waals surface area contributed by atoms with Gasteiger partial charge in [0.05, 0.1) is 6.10 Å². The highest BCUT2D eigenvalue weighted by molar-refractivity contribution is 5.87. The van der Waals surface area contributed by atoms with Crippen molar-refractivity contribution in [3.63, 3.8) is 0 Å². The molecule has 2 N–H and O–H groups in total. The Labute approximate surface area is 111 Å². The molecule has 0 unspecified atom stereocenters. The summed E-state index contributed by atoms with van der Waals surface area (Å²) >= 11 is 0. The average Bonchev–Trinajstić information content (AvgIpc) is 3.16. The van der Waals surface area contributed by atoms with Gasteiger partial charge in [0.15, 0.2) is 0 Å². The normalized spacial score (nSPS) is 27.0. The number of carbonyl (C=O) groups excluding carboxylic acids is 1. The highest BCUT2D eigenvalue weighted by Gasteiger charge is 2.36. The number of amides is 2. The maximum atomic E-state index is 11.9. The van der Waals surface area contributed by atoms with E-state index in [4.69, 9.17) is 4.74 Å². The zero-order valence-corrected chi connectivity index (χ0v) is 11.0. The Morgan fingerprint density at radius 2 is 2.32 bits per heavy atom. The molecule has 19 heavy (non-hydrogen) atoms. The highest BCUT2D eigenvalue weighted by Crippen LogP contribution is 2.38. The SMILES string of the molecule is Cn1ncnc1NC(=O)N[C@@H]1CCO[C@H](C2CC2)C1. The van der Waals surface area contributed by atoms with Crippen molar-refractivity contribution in [1.82, 2.24) is 20.1 Å². The molecular weight excluding hydrogens is 246 g/mol. The fraction of sp³-hybridized carbons (Fsp3) is 0.750. The van der Waals surface area contributed by atoms with Gasteiger partial charge in [-0.15, -0.1) is 0 Å². The van der Waals surface area contributed by atoms with Crippen molar-refractivity contribution in [3.05, 3.63) is 6.33 Å². The molecule has 104 valence electrons. The number of carbonyl (C=O) groups is 1. The lowest BCUT2D eigenvalue weighted by atomic mass is 10.0. The lowest BCUT2D eigenvalue weighted by molar-refractivity contribution is -0.00890. The van der Waals surface area contributed by atoms with Gasteiger partial charge in [-0.2, -0.15) is 10.1 Å². The zero-order chi connectivity index (χ0) is 13.2. The molecule has 1 saturated heterocycles. The number of aryl methyl sites for hydroxylation is 1. The van der Waals surface area contributed by atoms with E-state index >= 15 is 0 Å². The number of aromatic nitrogens is 3. The minimum atomic E-state index is -0.224. The van der Waals surface area contributed by atoms with Crippen LogP contribution in [0.25, 0.3) is 0 Å². The standard InChI is InChI=1S/C12H19N5O2/c1-17-11(13-7-14-17)16-12(18)15-9-4-5-19-10(6-9)8-2-3-8/h7-10H,2-6H2,1H3,(H2,13,14,15,16,18)/t9-,10+/m1/s1. The second-order valence-electron chi connectivity index (χ2n) is 5.27. The number of hydrogen-bond donors (Lipinski definition) is 2. The first-order valence-corrected chi connectivity index (χ1v) is 6.75. The van der Waals surface area contributed by atoms with Gasteiger partial charge in [0.2, 0.25) is 5.95 Å². The largest absolute Gasteiger partial charge is 0.378 e. The summed E-state index contributed by atoms with van der Waals surface area (Å²) in [5.74, 6) is 1.16. The molecule has 2 atom stereocenters. The Morgan fingerprint density at radius 3 is 3.00 bits per heavy atom. The molecule has 7 nitrogen and oxygen atoms in total. The van der Waals surface area contributed by atoms with Crippen LogP contribution in [-0.4, -0.2) is 39.5 Å². The summed E-state index contributed by atoms with van der Waals surface area (Å²) in [6.45, 7) is 0.732. The van der Waals surface area contributed by atoms with Crippen molar-refractivity contribution in [2.75, 3.05) is 11.9 Å². The van der Waals surface area contributed by atoms with Gasteiger partial charge in [0.25, 0.3) is 0 Å². The van der Waals surface area contributed by atoms with E-state index < -0.39 is 0 Å². The molecule has 0 radical (unpaired) electrons. The van der Waals surface area contributed by atoms with E-state index in [9.17, 15) is 4.79 Å². The minimum Gasteiger partial charge on any atom is -0.378 e. The van der Waals surface area contributed by atoms with Gasteiger partial charge < -0.3 is 10.1 Å². The molecule has 0 bridgehead atoms. The van der Waals surface area contributed by atoms with Crippen LogP contribution in [-0.2, 0) is 11.8 Å². The molecule has 1 aliphatic carbocycles. The van der Waals surface area contributed by atoms with E-state index in [0.717, 1.165) is 19.4 Å². The summed E-state index contributed by atoms with van der Waals surface area (Å²) in [6.07, 6.45) is 6.05. The van der Waals surface area contributed by atoms with Crippen molar-refractivity contribution in [3.8, 4) is 0 Å². The van der Waals surface area contributed by atoms with Crippen LogP contribution < -0.4 is 10.6 Å². The maximum absolute atomic E-state index is 11.9. The van der Waals surface area contributed by atoms with Crippen LogP contribution in [0, 0.1) is 5.92 Å². The van der Waals surface area contributed by atoms with Crippen LogP contribution in [0.2, 0.25) is 0 Å². The van der Waals surface area contributed by atoms with Gasteiger partial charge in [-0.05, 0) is 31.6 Å². The summed E-state index contributed by atoms with van der Waals surface area (Å²) in [7, 11) is 1.74. The van der Waals surface area contributed by atoms with Gasteiger partial charge in [-0.1, -0.05) is 0 Å². The fourth-order valence-corrected chi connectivity index (χ4v) is 2.49. The van der Waals surface area contributed by atoms with Gasteiger partial charge in [0, 0.05) is 19.7 Å². The first-order valence-electron chi connectivity index (χ1n) is 6.75. The Hall–Kier alpha value is -1.63. The van der Waals surface area contributed by atoms with Gasteiger partial charge in [-0.3, -0.25) is 5.32 Å². The molecule has 3 rings (SSSR count). The van der Waals surface area contributed by atoms with Crippen molar-refractivity contribution in [2.45, 2.75) is 37.8 Å². The second kappa shape index (κ2) is 5.16. The summed E-state index contributed by atoms with van der Waals surface area (Å²) in [5.41, 5.74) is 0. The van der Waals surface area contributed by atoms with E-state index in [0.29, 0.717) is 18.0 Å². The molecule has 2 heterocycles. The summed E-state index contributed by atoms with van der Waals surface area (Å²) in [5, 5.41) is 9.58. The molecule has 1 saturated carbocycles. The van der Waals surface area contributed by atoms with Crippen LogP contribution in [0.15, 0.2) is 6.33 Å². The van der Waals surface area contributed by atoms with Crippen molar-refractivity contribution in [1.29, 1.82) is 0 Å². The lowest BCUT2D eigenvalue weighted by Gasteiger charge is -2.30. The topological polar surface area (TPSA) is 81.1 Å². The lowest BCUT2D eigenvalue weighted by Crippen LogP contribution is -2.44. The van der Waals surface area contributed by atoms with Crippen LogP contribution in [0.3, 0.4) is 0 Å². The molecule has 1 aromatic rings. The van der Waals surface area contributed by atoms with Crippen molar-refractivity contribution in [2.24, 2.45) is 13.0 Å². The predicted molar refractivity (Wildman–Crippen MR) is 68.6 cm³/mol. The molecule has 1 aliphatic heterocycles. The summed E-state index contributed by atoms with van der Waals surface area (Å²) in [6, 6.07) is -0.0369. The van der Waals surface area contributed by atoms with Crippen LogP contribution in [0.1, 0.15) is 25.7 Å². The molecule has 7 heteroatoms. The zero-order valence-electron chi connectivity index (χ0n) is 11.0. The van der Waals surface area contributed by atoms with Crippen molar-refractivity contribution >= 4 is 12.0 Å². The Kier molecular flexibility index (Phi) is 3.37. The van der Waals surface area contributed by atoms with E-state index in [2.05, 4.69) is 20.7 Å². The first-order chi connectivity index (χ1) is 9.22. The average molecular weight is 265 g/mol. The number of urea groups is 1. The number of nitrogens with zero attached hydrogens (tertiary/aromatic N) is 3. The molecule has 1 aromatic heterocycles. The van der Waals surface area contributed by atoms with E-state index in [1.54, 1.807) is 7.05 Å². The maximum Gasteiger partial charge on any atom is 0.321 e. The minimum absolute atomic E-state index is 0.188. The Balaban J connectivity index is 1.50. The van der Waals surface area contributed by atoms with Crippen LogP contribution in [0.5, 0.6) is 0 Å². The third kappa shape index (κ3) is 3.04. The number of ether oxygens (including phenoxy) is 1. The third-order valence-electron chi connectivity index (χ3n) is 3.73. The number of anilines is 1. The predicted octanol–water partition coefficient (Wildman–Crippen LogP) is 0.894. The van der Waals surface area contributed by atoms with Crippen molar-refractivity contribution < 1.29 is 9.53 Å². The molecule has 2 aliphatic rings. The van der Waals surface area contributed by atoms with Crippen LogP contribution in [0.4, 0.5) is 10.7 Å². The number of nitrogens with one attached hydrogen (secondary N) is 2. The summed E-state index contributed by atoms with van der Waals surface area (Å²) in [4.78, 5) is 15.8. The first kappa shape index (κ1) is 12.4. The molecule has 0 spiro atoms. The second-order valence-corrected chi connectivity index (χ2v) is 5.27. The van der Waals surface area contributed by atoms with Gasteiger partial charge in [-0.25, -0.2) is 9.48 Å². The smallest absolute Gasteiger partial charge is 0.321 e. The van der Waals surface area contributed by atoms with E-state index in [1.807, 2.05) is 0 Å². The molecule has 0 aromatic carbocycles. The summed E-state index contributed by atoms with van der Waals surface area (Å²) < 4.78 is 7.26. The fourth-order valence-electron chi connectivity index (χ4n) is 2.49. The van der Waals surface area contributed by atoms with Gasteiger partial charge in [0.1, 0.15) is 6.33 Å². The number of hydrogen-bond acceptors (Lipinski definition) is 4. The van der Waals surface area contributed by atoms with E-state index in [1.165, 1.54) is 23.9 Å². The van der Waals surface area contributed by atoms with Crippen LogP contribution >= 0.6 is 0 Å².